The Bertz CT molecular complexity index is 575. The molecule has 2 rings (SSSR count). The number of nitrogens with zero attached hydrogens (tertiary/aromatic N) is 1. The molecule has 0 aliphatic heterocycles. The van der Waals surface area contributed by atoms with Crippen LogP contribution in [0.1, 0.15) is 17.3 Å². The van der Waals surface area contributed by atoms with Crippen LogP contribution in [0.2, 0.25) is 0 Å². The van der Waals surface area contributed by atoms with Crippen molar-refractivity contribution >= 4 is 15.9 Å². The fraction of sp³-hybridized carbons (Fsp3) is 0.214. The van der Waals surface area contributed by atoms with E-state index in [1.54, 1.807) is 20.4 Å². The number of benzene rings is 1. The summed E-state index contributed by atoms with van der Waals surface area (Å²) >= 11 is 3.46. The Morgan fingerprint density at radius 1 is 1.21 bits per heavy atom. The molecular weight excluding hydrogens is 308 g/mol. The molecule has 0 aliphatic carbocycles. The molecule has 4 nitrogen and oxygen atoms in total. The summed E-state index contributed by atoms with van der Waals surface area (Å²) in [4.78, 5) is 4.31. The van der Waals surface area contributed by atoms with Crippen LogP contribution in [0.4, 0.5) is 0 Å². The van der Waals surface area contributed by atoms with E-state index in [1.807, 2.05) is 30.3 Å². The Balaban J connectivity index is 2.44. The number of aromatic nitrogens is 1. The highest BCUT2D eigenvalue weighted by Gasteiger charge is 2.18. The Labute approximate surface area is 120 Å². The summed E-state index contributed by atoms with van der Waals surface area (Å²) in [6.07, 6.45) is 1.72. The van der Waals surface area contributed by atoms with E-state index in [0.29, 0.717) is 5.75 Å². The zero-order chi connectivity index (χ0) is 13.8. The molecular formula is C14H15BrN2O2. The number of hydrogen-bond donors (Lipinski definition) is 1. The molecule has 0 amide bonds. The van der Waals surface area contributed by atoms with E-state index in [9.17, 15) is 0 Å². The zero-order valence-electron chi connectivity index (χ0n) is 10.8. The molecule has 0 saturated heterocycles. The third kappa shape index (κ3) is 2.88. The van der Waals surface area contributed by atoms with Crippen molar-refractivity contribution < 1.29 is 9.47 Å². The van der Waals surface area contributed by atoms with Crippen LogP contribution in [-0.4, -0.2) is 19.2 Å². The lowest BCUT2D eigenvalue weighted by Crippen LogP contribution is -2.15. The molecule has 1 unspecified atom stereocenters. The smallest absolute Gasteiger partial charge is 0.127 e. The molecule has 2 aromatic rings. The van der Waals surface area contributed by atoms with Gasteiger partial charge < -0.3 is 15.2 Å². The van der Waals surface area contributed by atoms with Gasteiger partial charge in [0.2, 0.25) is 0 Å². The van der Waals surface area contributed by atoms with E-state index in [1.165, 1.54) is 0 Å². The molecule has 19 heavy (non-hydrogen) atoms. The van der Waals surface area contributed by atoms with Gasteiger partial charge in [-0.15, -0.1) is 0 Å². The summed E-state index contributed by atoms with van der Waals surface area (Å²) in [5, 5.41) is 0. The quantitative estimate of drug-likeness (QED) is 0.940. The van der Waals surface area contributed by atoms with E-state index < -0.39 is 0 Å². The van der Waals surface area contributed by atoms with E-state index >= 15 is 0 Å². The zero-order valence-corrected chi connectivity index (χ0v) is 12.3. The molecule has 0 spiro atoms. The second-order valence-corrected chi connectivity index (χ2v) is 4.81. The second kappa shape index (κ2) is 6.04. The highest BCUT2D eigenvalue weighted by molar-refractivity contribution is 9.10. The summed E-state index contributed by atoms with van der Waals surface area (Å²) in [5.74, 6) is 1.41. The molecule has 0 radical (unpaired) electrons. The summed E-state index contributed by atoms with van der Waals surface area (Å²) in [6.45, 7) is 0. The van der Waals surface area contributed by atoms with Crippen molar-refractivity contribution in [3.63, 3.8) is 0 Å². The summed E-state index contributed by atoms with van der Waals surface area (Å²) in [7, 11) is 3.22. The van der Waals surface area contributed by atoms with Gasteiger partial charge in [-0.05, 0) is 40.2 Å². The number of pyridine rings is 1. The highest BCUT2D eigenvalue weighted by Crippen LogP contribution is 2.33. The minimum Gasteiger partial charge on any atom is -0.497 e. The summed E-state index contributed by atoms with van der Waals surface area (Å²) in [6, 6.07) is 8.96. The van der Waals surface area contributed by atoms with Gasteiger partial charge in [-0.2, -0.15) is 0 Å². The molecule has 1 aromatic heterocycles. The highest BCUT2D eigenvalue weighted by atomic mass is 79.9. The molecule has 100 valence electrons. The average molecular weight is 323 g/mol. The summed E-state index contributed by atoms with van der Waals surface area (Å²) < 4.78 is 11.4. The molecule has 1 aromatic carbocycles. The Morgan fingerprint density at radius 2 is 2.00 bits per heavy atom. The van der Waals surface area contributed by atoms with Gasteiger partial charge >= 0.3 is 0 Å². The van der Waals surface area contributed by atoms with Gasteiger partial charge in [-0.25, -0.2) is 0 Å². The SMILES string of the molecule is COc1ccc(C(N)c2ncccc2Br)c(OC)c1. The third-order valence-electron chi connectivity index (χ3n) is 2.86. The maximum absolute atomic E-state index is 6.27. The van der Waals surface area contributed by atoms with Gasteiger partial charge in [-0.1, -0.05) is 0 Å². The number of methoxy groups -OCH3 is 2. The molecule has 1 heterocycles. The lowest BCUT2D eigenvalue weighted by Gasteiger charge is -2.17. The van der Waals surface area contributed by atoms with Crippen LogP contribution in [0.15, 0.2) is 41.0 Å². The van der Waals surface area contributed by atoms with Crippen molar-refractivity contribution in [1.29, 1.82) is 0 Å². The van der Waals surface area contributed by atoms with Crippen LogP contribution >= 0.6 is 15.9 Å². The van der Waals surface area contributed by atoms with Gasteiger partial charge in [0.05, 0.1) is 26.0 Å². The fourth-order valence-electron chi connectivity index (χ4n) is 1.85. The first-order chi connectivity index (χ1) is 9.17. The topological polar surface area (TPSA) is 57.4 Å². The van der Waals surface area contributed by atoms with Crippen LogP contribution in [-0.2, 0) is 0 Å². The van der Waals surface area contributed by atoms with Crippen molar-refractivity contribution in [2.45, 2.75) is 6.04 Å². The Kier molecular flexibility index (Phi) is 4.39. The second-order valence-electron chi connectivity index (χ2n) is 3.96. The molecule has 5 heteroatoms. The fourth-order valence-corrected chi connectivity index (χ4v) is 2.35. The monoisotopic (exact) mass is 322 g/mol. The third-order valence-corrected chi connectivity index (χ3v) is 3.53. The standard InChI is InChI=1S/C14H15BrN2O2/c1-18-9-5-6-10(12(8-9)19-2)13(16)14-11(15)4-3-7-17-14/h3-8,13H,16H2,1-2H3. The first-order valence-corrected chi connectivity index (χ1v) is 6.54. The normalized spacial score (nSPS) is 12.0. The number of ether oxygens (including phenoxy) is 2. The van der Waals surface area contributed by atoms with Crippen molar-refractivity contribution in [1.82, 2.24) is 4.98 Å². The van der Waals surface area contributed by atoms with Gasteiger partial charge in [0.1, 0.15) is 11.5 Å². The Morgan fingerprint density at radius 3 is 2.63 bits per heavy atom. The number of hydrogen-bond acceptors (Lipinski definition) is 4. The largest absolute Gasteiger partial charge is 0.497 e. The lowest BCUT2D eigenvalue weighted by molar-refractivity contribution is 0.389. The number of halogens is 1. The molecule has 0 aliphatic rings. The van der Waals surface area contributed by atoms with E-state index in [-0.39, 0.29) is 6.04 Å². The van der Waals surface area contributed by atoms with Gasteiger partial charge in [0.15, 0.2) is 0 Å². The van der Waals surface area contributed by atoms with Crippen LogP contribution in [0.3, 0.4) is 0 Å². The Hall–Kier alpha value is -1.59. The predicted octanol–water partition coefficient (Wildman–Crippen LogP) is 2.91. The van der Waals surface area contributed by atoms with Crippen molar-refractivity contribution in [2.24, 2.45) is 5.73 Å². The van der Waals surface area contributed by atoms with Crippen LogP contribution in [0.5, 0.6) is 11.5 Å². The lowest BCUT2D eigenvalue weighted by atomic mass is 10.0. The van der Waals surface area contributed by atoms with Crippen molar-refractivity contribution in [3.8, 4) is 11.5 Å². The van der Waals surface area contributed by atoms with E-state index in [4.69, 9.17) is 15.2 Å². The minimum absolute atomic E-state index is 0.364. The predicted molar refractivity (Wildman–Crippen MR) is 77.5 cm³/mol. The van der Waals surface area contributed by atoms with Crippen LogP contribution < -0.4 is 15.2 Å². The molecule has 0 saturated carbocycles. The molecule has 1 atom stereocenters. The number of rotatable bonds is 4. The first kappa shape index (κ1) is 13.8. The van der Waals surface area contributed by atoms with Crippen molar-refractivity contribution in [3.05, 3.63) is 52.3 Å². The van der Waals surface area contributed by atoms with Gasteiger partial charge in [0.25, 0.3) is 0 Å². The van der Waals surface area contributed by atoms with Crippen molar-refractivity contribution in [2.75, 3.05) is 14.2 Å². The van der Waals surface area contributed by atoms with E-state index in [0.717, 1.165) is 21.5 Å². The van der Waals surface area contributed by atoms with E-state index in [2.05, 4.69) is 20.9 Å². The summed E-state index contributed by atoms with van der Waals surface area (Å²) in [5.41, 5.74) is 7.90. The maximum Gasteiger partial charge on any atom is 0.127 e. The van der Waals surface area contributed by atoms with Crippen LogP contribution in [0.25, 0.3) is 0 Å². The molecule has 0 bridgehead atoms. The maximum atomic E-state index is 6.27. The van der Waals surface area contributed by atoms with Gasteiger partial charge in [-0.3, -0.25) is 4.98 Å². The van der Waals surface area contributed by atoms with Crippen LogP contribution in [0, 0.1) is 0 Å². The molecule has 2 N–H and O–H groups in total. The number of nitrogens with two attached hydrogens (primary N) is 1. The molecule has 0 fully saturated rings. The average Bonchev–Trinajstić information content (AvgIpc) is 2.46. The first-order valence-electron chi connectivity index (χ1n) is 5.75. The minimum atomic E-state index is -0.364. The van der Waals surface area contributed by atoms with Gasteiger partial charge in [0, 0.05) is 22.3 Å².